The normalized spacial score (nSPS) is 16.3. The molecule has 13 heteroatoms. The van der Waals surface area contributed by atoms with Crippen molar-refractivity contribution in [3.8, 4) is 0 Å². The van der Waals surface area contributed by atoms with E-state index in [2.05, 4.69) is 10.6 Å². The van der Waals surface area contributed by atoms with Gasteiger partial charge in [0.15, 0.2) is 0 Å². The summed E-state index contributed by atoms with van der Waals surface area (Å²) in [6, 6.07) is 18.7. The summed E-state index contributed by atoms with van der Waals surface area (Å²) in [7, 11) is -4.18. The number of carboxylic acid groups (broad SMARTS) is 2. The van der Waals surface area contributed by atoms with Crippen LogP contribution in [0.25, 0.3) is 0 Å². The summed E-state index contributed by atoms with van der Waals surface area (Å²) in [6.45, 7) is 0.0856. The molecular weight excluding hydrogens is 679 g/mol. The maximum Gasteiger partial charge on any atom is 0.335 e. The molecule has 1 unspecified atom stereocenters. The third-order valence-corrected chi connectivity index (χ3v) is 12.3. The van der Waals surface area contributed by atoms with Crippen LogP contribution >= 0.6 is 11.3 Å². The number of carbonyl (C=O) groups is 4. The lowest BCUT2D eigenvalue weighted by Gasteiger charge is -2.31. The van der Waals surface area contributed by atoms with Crippen LogP contribution in [0.1, 0.15) is 84.7 Å². The number of carbonyl (C=O) groups excluding carboxylic acids is 2. The van der Waals surface area contributed by atoms with Gasteiger partial charge in [-0.15, -0.1) is 11.3 Å². The van der Waals surface area contributed by atoms with E-state index < -0.39 is 33.9 Å². The molecule has 1 atom stereocenters. The van der Waals surface area contributed by atoms with Gasteiger partial charge in [0.2, 0.25) is 10.0 Å². The number of aromatic carboxylic acids is 1. The van der Waals surface area contributed by atoms with Gasteiger partial charge in [-0.2, -0.15) is 4.31 Å². The molecule has 6 rings (SSSR count). The predicted molar refractivity (Wildman–Crippen MR) is 190 cm³/mol. The molecule has 1 fully saturated rings. The Morgan fingerprint density at radius 2 is 1.46 bits per heavy atom. The summed E-state index contributed by atoms with van der Waals surface area (Å²) in [5, 5.41) is 25.0. The highest BCUT2D eigenvalue weighted by atomic mass is 32.2. The lowest BCUT2D eigenvalue weighted by molar-refractivity contribution is -0.142. The SMILES string of the molecule is O=C(O)c1ccc(CCc2ccc(NC(=O)c3c(NC(=O)c4cccc(S(=O)(=O)N5CCCCC5C(=O)O)c4)sc4c3CCCC4)cc2)cc1. The average molecular weight is 716 g/mol. The number of hydrogen-bond acceptors (Lipinski definition) is 7. The summed E-state index contributed by atoms with van der Waals surface area (Å²) >= 11 is 1.35. The average Bonchev–Trinajstić information content (AvgIpc) is 3.49. The molecule has 0 radical (unpaired) electrons. The second kappa shape index (κ2) is 15.0. The molecule has 1 saturated heterocycles. The third kappa shape index (κ3) is 7.64. The summed E-state index contributed by atoms with van der Waals surface area (Å²) in [5.41, 5.74) is 4.28. The number of amides is 2. The van der Waals surface area contributed by atoms with Gasteiger partial charge >= 0.3 is 11.9 Å². The summed E-state index contributed by atoms with van der Waals surface area (Å²) < 4.78 is 28.0. The molecule has 1 aromatic heterocycles. The summed E-state index contributed by atoms with van der Waals surface area (Å²) in [5.74, 6) is -3.10. The lowest BCUT2D eigenvalue weighted by atomic mass is 9.95. The number of rotatable bonds is 11. The molecule has 0 bridgehead atoms. The van der Waals surface area contributed by atoms with Crippen LogP contribution in [0.2, 0.25) is 0 Å². The molecule has 4 aromatic rings. The van der Waals surface area contributed by atoms with E-state index in [4.69, 9.17) is 5.11 Å². The second-order valence-corrected chi connectivity index (χ2v) is 15.5. The Morgan fingerprint density at radius 1 is 0.780 bits per heavy atom. The molecule has 11 nitrogen and oxygen atoms in total. The Morgan fingerprint density at radius 3 is 2.14 bits per heavy atom. The molecule has 0 saturated carbocycles. The molecule has 1 aliphatic heterocycles. The fraction of sp³-hybridized carbons (Fsp3) is 0.297. The molecule has 50 heavy (non-hydrogen) atoms. The van der Waals surface area contributed by atoms with E-state index in [-0.39, 0.29) is 34.9 Å². The smallest absolute Gasteiger partial charge is 0.335 e. The van der Waals surface area contributed by atoms with Crippen LogP contribution in [-0.2, 0) is 40.5 Å². The Bertz CT molecular complexity index is 2040. The number of nitrogens with zero attached hydrogens (tertiary/aromatic N) is 1. The highest BCUT2D eigenvalue weighted by molar-refractivity contribution is 7.89. The first kappa shape index (κ1) is 35.0. The van der Waals surface area contributed by atoms with Gasteiger partial charge in [-0.3, -0.25) is 14.4 Å². The van der Waals surface area contributed by atoms with Gasteiger partial charge in [-0.25, -0.2) is 13.2 Å². The first-order valence-corrected chi connectivity index (χ1v) is 18.8. The molecule has 0 spiro atoms. The monoisotopic (exact) mass is 715 g/mol. The predicted octanol–water partition coefficient (Wildman–Crippen LogP) is 6.24. The van der Waals surface area contributed by atoms with Crippen LogP contribution in [0.5, 0.6) is 0 Å². The topological polar surface area (TPSA) is 170 Å². The van der Waals surface area contributed by atoms with Gasteiger partial charge in [0.05, 0.1) is 16.0 Å². The molecule has 2 amide bonds. The molecule has 260 valence electrons. The quantitative estimate of drug-likeness (QED) is 0.141. The van der Waals surface area contributed by atoms with Crippen LogP contribution in [0.3, 0.4) is 0 Å². The van der Waals surface area contributed by atoms with Crippen molar-refractivity contribution in [2.75, 3.05) is 17.2 Å². The van der Waals surface area contributed by atoms with Crippen molar-refractivity contribution in [3.05, 3.63) is 111 Å². The number of benzene rings is 3. The molecule has 4 N–H and O–H groups in total. The van der Waals surface area contributed by atoms with E-state index in [0.717, 1.165) is 58.0 Å². The number of fused-ring (bicyclic) bond motifs is 1. The number of nitrogens with one attached hydrogen (secondary N) is 2. The first-order valence-electron chi connectivity index (χ1n) is 16.5. The number of thiophene rings is 1. The zero-order chi connectivity index (χ0) is 35.4. The van der Waals surface area contributed by atoms with Crippen LogP contribution in [0.15, 0.2) is 77.7 Å². The van der Waals surface area contributed by atoms with Gasteiger partial charge in [-0.1, -0.05) is 30.3 Å². The van der Waals surface area contributed by atoms with E-state index in [1.807, 2.05) is 24.3 Å². The molecule has 3 aromatic carbocycles. The van der Waals surface area contributed by atoms with Crippen molar-refractivity contribution in [3.63, 3.8) is 0 Å². The fourth-order valence-corrected chi connectivity index (χ4v) is 9.47. The first-order chi connectivity index (χ1) is 24.0. The third-order valence-electron chi connectivity index (χ3n) is 9.18. The summed E-state index contributed by atoms with van der Waals surface area (Å²) in [6.07, 6.45) is 6.22. The van der Waals surface area contributed by atoms with Crippen molar-refractivity contribution >= 4 is 55.8 Å². The number of piperidine rings is 1. The van der Waals surface area contributed by atoms with E-state index in [1.54, 1.807) is 24.3 Å². The minimum atomic E-state index is -4.18. The minimum Gasteiger partial charge on any atom is -0.480 e. The van der Waals surface area contributed by atoms with Crippen LogP contribution in [0.4, 0.5) is 10.7 Å². The molecule has 2 heterocycles. The highest BCUT2D eigenvalue weighted by Gasteiger charge is 2.38. The van der Waals surface area contributed by atoms with E-state index in [0.29, 0.717) is 35.5 Å². The van der Waals surface area contributed by atoms with E-state index in [9.17, 15) is 32.7 Å². The number of aliphatic carboxylic acids is 1. The lowest BCUT2D eigenvalue weighted by Crippen LogP contribution is -2.47. The van der Waals surface area contributed by atoms with E-state index in [1.165, 1.54) is 35.6 Å². The Balaban J connectivity index is 1.17. The van der Waals surface area contributed by atoms with Gasteiger partial charge in [-0.05, 0) is 117 Å². The fourth-order valence-electron chi connectivity index (χ4n) is 6.49. The van der Waals surface area contributed by atoms with Crippen LogP contribution in [-0.4, -0.2) is 59.3 Å². The van der Waals surface area contributed by atoms with E-state index >= 15 is 0 Å². The Kier molecular flexibility index (Phi) is 10.5. The standard InChI is InChI=1S/C37H37N3O8S2/c41-33(26-6-5-7-28(22-26)50(47,48)40-21-4-3-9-30(40)37(45)46)39-35-32(29-8-1-2-10-31(29)49-35)34(42)38-27-19-15-24(16-20-27)12-11-23-13-17-25(18-14-23)36(43)44/h5-7,13-20,22,30H,1-4,8-12,21H2,(H,38,42)(H,39,41)(H,43,44)(H,45,46). The van der Waals surface area contributed by atoms with Crippen molar-refractivity contribution in [1.82, 2.24) is 4.31 Å². The van der Waals surface area contributed by atoms with Crippen molar-refractivity contribution in [2.45, 2.75) is 68.7 Å². The molecule has 1 aliphatic carbocycles. The number of anilines is 2. The summed E-state index contributed by atoms with van der Waals surface area (Å²) in [4.78, 5) is 51.1. The van der Waals surface area contributed by atoms with Gasteiger partial charge < -0.3 is 20.8 Å². The van der Waals surface area contributed by atoms with Crippen LogP contribution < -0.4 is 10.6 Å². The Hall–Kier alpha value is -4.85. The van der Waals surface area contributed by atoms with Crippen molar-refractivity contribution < 1.29 is 37.8 Å². The molecular formula is C37H37N3O8S2. The minimum absolute atomic E-state index is 0.0705. The van der Waals surface area contributed by atoms with Crippen molar-refractivity contribution in [2.24, 2.45) is 0 Å². The largest absolute Gasteiger partial charge is 0.480 e. The van der Waals surface area contributed by atoms with Gasteiger partial charge in [0.25, 0.3) is 11.8 Å². The maximum absolute atomic E-state index is 13.8. The number of sulfonamides is 1. The van der Waals surface area contributed by atoms with Crippen molar-refractivity contribution in [1.29, 1.82) is 0 Å². The van der Waals surface area contributed by atoms with Crippen LogP contribution in [0, 0.1) is 0 Å². The number of aryl methyl sites for hydroxylation is 3. The maximum atomic E-state index is 13.8. The van der Waals surface area contributed by atoms with Gasteiger partial charge in [0, 0.05) is 22.7 Å². The zero-order valence-electron chi connectivity index (χ0n) is 27.2. The zero-order valence-corrected chi connectivity index (χ0v) is 28.8. The second-order valence-electron chi connectivity index (χ2n) is 12.5. The number of hydrogen-bond donors (Lipinski definition) is 4. The number of carboxylic acids is 2. The highest BCUT2D eigenvalue weighted by Crippen LogP contribution is 2.39. The molecule has 2 aliphatic rings. The Labute approximate surface area is 294 Å². The van der Waals surface area contributed by atoms with Gasteiger partial charge in [0.1, 0.15) is 11.0 Å².